The van der Waals surface area contributed by atoms with Crippen LogP contribution in [0.5, 0.6) is 5.75 Å². The molecule has 5 nitrogen and oxygen atoms in total. The van der Waals surface area contributed by atoms with Crippen molar-refractivity contribution in [2.75, 3.05) is 17.1 Å². The number of hydrogen-bond donors (Lipinski definition) is 2. The Morgan fingerprint density at radius 3 is 2.69 bits per heavy atom. The van der Waals surface area contributed by atoms with Crippen molar-refractivity contribution in [3.63, 3.8) is 0 Å². The summed E-state index contributed by atoms with van der Waals surface area (Å²) in [6, 6.07) is 21.1. The predicted octanol–water partition coefficient (Wildman–Crippen LogP) is 5.63. The van der Waals surface area contributed by atoms with Gasteiger partial charge in [-0.3, -0.25) is 4.72 Å². The topological polar surface area (TPSA) is 67.4 Å². The van der Waals surface area contributed by atoms with E-state index in [-0.39, 0.29) is 16.9 Å². The molecule has 164 valence electrons. The van der Waals surface area contributed by atoms with E-state index in [0.29, 0.717) is 17.4 Å². The first-order valence-electron chi connectivity index (χ1n) is 10.8. The van der Waals surface area contributed by atoms with Crippen LogP contribution < -0.4 is 14.8 Å². The van der Waals surface area contributed by atoms with Gasteiger partial charge >= 0.3 is 0 Å². The lowest BCUT2D eigenvalue weighted by atomic mass is 9.77. The lowest BCUT2D eigenvalue weighted by Gasteiger charge is -2.37. The maximum atomic E-state index is 13.1. The Morgan fingerprint density at radius 1 is 1.03 bits per heavy atom. The van der Waals surface area contributed by atoms with Crippen molar-refractivity contribution in [1.82, 2.24) is 0 Å². The number of aryl methyl sites for hydroxylation is 1. The molecule has 0 fully saturated rings. The van der Waals surface area contributed by atoms with Gasteiger partial charge in [-0.2, -0.15) is 0 Å². The number of hydrogen-bond acceptors (Lipinski definition) is 4. The van der Waals surface area contributed by atoms with Crippen LogP contribution in [0.25, 0.3) is 0 Å². The highest BCUT2D eigenvalue weighted by atomic mass is 32.2. The second kappa shape index (κ2) is 8.02. The first-order valence-corrected chi connectivity index (χ1v) is 12.2. The molecule has 1 heterocycles. The van der Waals surface area contributed by atoms with Crippen molar-refractivity contribution in [1.29, 1.82) is 0 Å². The highest BCUT2D eigenvalue weighted by Gasteiger charge is 2.38. The number of nitrogens with one attached hydrogen (secondary N) is 2. The molecule has 2 aliphatic rings. The smallest absolute Gasteiger partial charge is 0.261 e. The summed E-state index contributed by atoms with van der Waals surface area (Å²) >= 11 is 0. The van der Waals surface area contributed by atoms with Crippen LogP contribution >= 0.6 is 0 Å². The van der Waals surface area contributed by atoms with Gasteiger partial charge in [-0.15, -0.1) is 0 Å². The van der Waals surface area contributed by atoms with Crippen molar-refractivity contribution < 1.29 is 13.2 Å². The normalized spacial score (nSPS) is 21.4. The Kier molecular flexibility index (Phi) is 5.18. The van der Waals surface area contributed by atoms with E-state index >= 15 is 0 Å². The number of ether oxygens (including phenoxy) is 1. The lowest BCUT2D eigenvalue weighted by molar-refractivity contribution is 0.415. The van der Waals surface area contributed by atoms with E-state index in [1.54, 1.807) is 37.4 Å². The van der Waals surface area contributed by atoms with E-state index in [1.165, 1.54) is 11.1 Å². The number of fused-ring (bicyclic) bond motifs is 3. The minimum absolute atomic E-state index is 0.184. The molecule has 0 aromatic heterocycles. The third-order valence-corrected chi connectivity index (χ3v) is 7.75. The number of allylic oxidation sites excluding steroid dienone is 2. The van der Waals surface area contributed by atoms with E-state index < -0.39 is 10.0 Å². The lowest BCUT2D eigenvalue weighted by Crippen LogP contribution is -2.29. The summed E-state index contributed by atoms with van der Waals surface area (Å²) in [4.78, 5) is 0.258. The third-order valence-electron chi connectivity index (χ3n) is 6.37. The largest absolute Gasteiger partial charge is 0.497 e. The molecule has 5 rings (SSSR count). The van der Waals surface area contributed by atoms with Crippen LogP contribution in [0.2, 0.25) is 0 Å². The van der Waals surface area contributed by atoms with Gasteiger partial charge in [-0.05, 0) is 60.7 Å². The number of rotatable bonds is 5. The molecule has 2 N–H and O–H groups in total. The Bertz CT molecular complexity index is 1300. The fraction of sp³-hybridized carbons (Fsp3) is 0.231. The molecule has 3 aromatic carbocycles. The average molecular weight is 447 g/mol. The van der Waals surface area contributed by atoms with Crippen molar-refractivity contribution in [2.45, 2.75) is 30.2 Å². The molecule has 3 atom stereocenters. The zero-order valence-electron chi connectivity index (χ0n) is 18.1. The Balaban J connectivity index is 1.48. The van der Waals surface area contributed by atoms with Gasteiger partial charge in [0.15, 0.2) is 0 Å². The second-order valence-corrected chi connectivity index (χ2v) is 10.2. The van der Waals surface area contributed by atoms with Crippen LogP contribution in [0.15, 0.2) is 83.8 Å². The molecular formula is C26H26N2O3S. The summed E-state index contributed by atoms with van der Waals surface area (Å²) in [6.45, 7) is 2.11. The molecule has 0 radical (unpaired) electrons. The molecule has 6 heteroatoms. The van der Waals surface area contributed by atoms with Crippen LogP contribution in [0.3, 0.4) is 0 Å². The van der Waals surface area contributed by atoms with Gasteiger partial charge in [0.25, 0.3) is 10.0 Å². The van der Waals surface area contributed by atoms with E-state index in [1.807, 2.05) is 12.1 Å². The van der Waals surface area contributed by atoms with Crippen LogP contribution in [0.4, 0.5) is 11.4 Å². The molecule has 1 aliphatic carbocycles. The average Bonchev–Trinajstić information content (AvgIpc) is 3.28. The fourth-order valence-electron chi connectivity index (χ4n) is 4.83. The van der Waals surface area contributed by atoms with Gasteiger partial charge in [-0.25, -0.2) is 8.42 Å². The van der Waals surface area contributed by atoms with Crippen LogP contribution in [-0.4, -0.2) is 15.5 Å². The SMILES string of the molecule is COc1cccc(NS(=O)(=O)c2ccc3c(c2)C2C=CCC2[C@@H](c2cccc(C)c2)N3)c1. The van der Waals surface area contributed by atoms with Gasteiger partial charge < -0.3 is 10.1 Å². The maximum absolute atomic E-state index is 13.1. The Labute approximate surface area is 189 Å². The fourth-order valence-corrected chi connectivity index (χ4v) is 5.92. The second-order valence-electron chi connectivity index (χ2n) is 8.48. The molecule has 0 spiro atoms. The summed E-state index contributed by atoms with van der Waals surface area (Å²) < 4.78 is 34.1. The highest BCUT2D eigenvalue weighted by molar-refractivity contribution is 7.92. The summed E-state index contributed by atoms with van der Waals surface area (Å²) in [5.41, 5.74) is 5.00. The molecule has 0 saturated heterocycles. The predicted molar refractivity (Wildman–Crippen MR) is 128 cm³/mol. The first-order chi connectivity index (χ1) is 15.4. The minimum Gasteiger partial charge on any atom is -0.497 e. The molecule has 1 aliphatic heterocycles. The van der Waals surface area contributed by atoms with Crippen molar-refractivity contribution in [2.24, 2.45) is 5.92 Å². The monoisotopic (exact) mass is 446 g/mol. The standard InChI is InChI=1S/C26H26N2O3S/c1-17-6-3-7-18(14-17)26-23-11-5-10-22(23)24-16-21(12-13-25(24)27-26)32(29,30)28-19-8-4-9-20(15-19)31-2/h3-10,12-16,22-23,26-28H,11H2,1-2H3/t22?,23?,26-/m1/s1. The van der Waals surface area contributed by atoms with Gasteiger partial charge in [0, 0.05) is 17.7 Å². The van der Waals surface area contributed by atoms with Crippen LogP contribution in [0, 0.1) is 12.8 Å². The van der Waals surface area contributed by atoms with Gasteiger partial charge in [0.2, 0.25) is 0 Å². The molecule has 2 unspecified atom stereocenters. The number of methoxy groups -OCH3 is 1. The number of benzene rings is 3. The van der Waals surface area contributed by atoms with Gasteiger partial charge in [0.1, 0.15) is 5.75 Å². The summed E-state index contributed by atoms with van der Waals surface area (Å²) in [5, 5.41) is 3.68. The summed E-state index contributed by atoms with van der Waals surface area (Å²) in [6.07, 6.45) is 5.40. The minimum atomic E-state index is -3.73. The van der Waals surface area contributed by atoms with Crippen molar-refractivity contribution in [3.05, 3.63) is 95.6 Å². The molecule has 0 amide bonds. The van der Waals surface area contributed by atoms with E-state index in [2.05, 4.69) is 53.4 Å². The number of sulfonamides is 1. The molecular weight excluding hydrogens is 420 g/mol. The highest BCUT2D eigenvalue weighted by Crippen LogP contribution is 2.50. The summed E-state index contributed by atoms with van der Waals surface area (Å²) in [5.74, 6) is 1.14. The zero-order chi connectivity index (χ0) is 22.3. The molecule has 0 saturated carbocycles. The van der Waals surface area contributed by atoms with E-state index in [4.69, 9.17) is 4.74 Å². The first kappa shape index (κ1) is 20.6. The molecule has 3 aromatic rings. The Morgan fingerprint density at radius 2 is 1.88 bits per heavy atom. The summed E-state index contributed by atoms with van der Waals surface area (Å²) in [7, 11) is -2.17. The molecule has 0 bridgehead atoms. The van der Waals surface area contributed by atoms with E-state index in [0.717, 1.165) is 17.7 Å². The molecule has 32 heavy (non-hydrogen) atoms. The Hall–Kier alpha value is -3.25. The van der Waals surface area contributed by atoms with Crippen LogP contribution in [0.1, 0.15) is 35.1 Å². The maximum Gasteiger partial charge on any atom is 0.261 e. The quantitative estimate of drug-likeness (QED) is 0.499. The zero-order valence-corrected chi connectivity index (χ0v) is 18.9. The third kappa shape index (κ3) is 3.75. The van der Waals surface area contributed by atoms with Crippen molar-refractivity contribution >= 4 is 21.4 Å². The van der Waals surface area contributed by atoms with Gasteiger partial charge in [-0.1, -0.05) is 48.0 Å². The van der Waals surface area contributed by atoms with Crippen molar-refractivity contribution in [3.8, 4) is 5.75 Å². The number of anilines is 2. The van der Waals surface area contributed by atoms with Crippen LogP contribution in [-0.2, 0) is 10.0 Å². The van der Waals surface area contributed by atoms with Gasteiger partial charge in [0.05, 0.1) is 23.7 Å². The van der Waals surface area contributed by atoms with E-state index in [9.17, 15) is 8.42 Å².